The molecule has 0 saturated carbocycles. The number of allylic oxidation sites excluding steroid dienone is 1. The molecule has 0 bridgehead atoms. The molecule has 4 aliphatic heterocycles. The van der Waals surface area contributed by atoms with Crippen LogP contribution in [0.15, 0.2) is 152 Å². The highest BCUT2D eigenvalue weighted by molar-refractivity contribution is 7.99. The van der Waals surface area contributed by atoms with Gasteiger partial charge in [-0.25, -0.2) is 26.5 Å². The number of carbonyl (C=O) groups excluding carboxylic acids is 4. The normalized spacial score (nSPS) is 19.4. The quantitative estimate of drug-likeness (QED) is 0.0251. The number of nitrogens with zero attached hydrogens (tertiary/aromatic N) is 7. The molecule has 3 saturated heterocycles. The maximum Gasteiger partial charge on any atom is 0.501 e. The summed E-state index contributed by atoms with van der Waals surface area (Å²) in [5.74, 6) is -2.19. The number of unbranched alkanes of at least 4 members (excludes halogenated alkanes) is 2. The van der Waals surface area contributed by atoms with Crippen LogP contribution in [0.2, 0.25) is 5.02 Å². The number of amides is 4. The fourth-order valence-corrected chi connectivity index (χ4v) is 19.0. The number of aryl methyl sites for hydroxylation is 1. The van der Waals surface area contributed by atoms with Gasteiger partial charge in [0.25, 0.3) is 31.6 Å². The van der Waals surface area contributed by atoms with E-state index in [1.165, 1.54) is 45.5 Å². The van der Waals surface area contributed by atoms with Gasteiger partial charge < -0.3 is 44.4 Å². The summed E-state index contributed by atoms with van der Waals surface area (Å²) in [6, 6.07) is 32.9. The number of aliphatic hydroxyl groups excluding tert-OH is 1. The molecule has 584 valence electrons. The number of sulfone groups is 1. The number of aliphatic hydroxyl groups is 1. The molecule has 4 amide bonds. The molecule has 5 aliphatic rings. The van der Waals surface area contributed by atoms with Gasteiger partial charge in [0, 0.05) is 112 Å². The van der Waals surface area contributed by atoms with Crippen LogP contribution < -0.4 is 29.7 Å². The number of halogens is 4. The third kappa shape index (κ3) is 19.7. The number of thioether (sulfide) groups is 1. The van der Waals surface area contributed by atoms with Gasteiger partial charge in [0.15, 0.2) is 5.76 Å². The maximum atomic E-state index is 14.7. The Morgan fingerprint density at radius 1 is 0.853 bits per heavy atom. The zero-order chi connectivity index (χ0) is 77.5. The van der Waals surface area contributed by atoms with Crippen molar-refractivity contribution in [3.8, 4) is 22.1 Å². The average Bonchev–Trinajstić information content (AvgIpc) is 1.66. The number of alkyl halides is 3. The second-order valence-corrected chi connectivity index (χ2v) is 36.0. The van der Waals surface area contributed by atoms with Crippen molar-refractivity contribution < 1.29 is 68.3 Å². The maximum absolute atomic E-state index is 14.7. The number of sulfonamides is 1. The third-order valence-corrected chi connectivity index (χ3v) is 26.4. The lowest BCUT2D eigenvalue weighted by atomic mass is 9.72. The molecule has 0 radical (unpaired) electrons. The summed E-state index contributed by atoms with van der Waals surface area (Å²) in [7, 11) is -11.2. The van der Waals surface area contributed by atoms with Gasteiger partial charge in [0.1, 0.15) is 29.3 Å². The fourth-order valence-electron chi connectivity index (χ4n) is 15.0. The molecule has 6 heterocycles. The number of benzene rings is 5. The number of likely N-dealkylation sites (tertiary alicyclic amines) is 1. The minimum absolute atomic E-state index is 0.0104. The number of carbonyl (C=O) groups is 4. The van der Waals surface area contributed by atoms with Crippen molar-refractivity contribution in [3.63, 3.8) is 0 Å². The number of thiazole rings is 1. The number of ether oxygens (including phenoxy) is 2. The van der Waals surface area contributed by atoms with Crippen LogP contribution in [0.25, 0.3) is 16.0 Å². The summed E-state index contributed by atoms with van der Waals surface area (Å²) in [4.78, 5) is 69.4. The molecule has 0 spiro atoms. The molecular formula is C79H94ClF3N10O12S4. The predicted molar refractivity (Wildman–Crippen MR) is 415 cm³/mol. The van der Waals surface area contributed by atoms with Crippen molar-refractivity contribution in [3.05, 3.63) is 166 Å². The zero-order valence-electron chi connectivity index (χ0n) is 61.9. The Hall–Kier alpha value is -8.03. The van der Waals surface area contributed by atoms with E-state index in [1.807, 2.05) is 92.2 Å². The smallest absolute Gasteiger partial charge is 0.489 e. The van der Waals surface area contributed by atoms with Crippen molar-refractivity contribution in [1.82, 2.24) is 39.8 Å². The van der Waals surface area contributed by atoms with Gasteiger partial charge in [-0.2, -0.15) is 13.2 Å². The van der Waals surface area contributed by atoms with Crippen molar-refractivity contribution >= 4 is 95.1 Å². The van der Waals surface area contributed by atoms with E-state index in [0.717, 1.165) is 83.3 Å². The van der Waals surface area contributed by atoms with Crippen LogP contribution in [-0.4, -0.2) is 190 Å². The molecule has 3 fully saturated rings. The minimum Gasteiger partial charge on any atom is -0.489 e. The van der Waals surface area contributed by atoms with Crippen molar-refractivity contribution in [2.75, 3.05) is 94.6 Å². The minimum atomic E-state index is -6.20. The van der Waals surface area contributed by atoms with E-state index in [1.54, 1.807) is 40.8 Å². The Bertz CT molecular complexity index is 4660. The van der Waals surface area contributed by atoms with Crippen LogP contribution in [-0.2, 0) is 34.2 Å². The summed E-state index contributed by atoms with van der Waals surface area (Å²) in [5.41, 5.74) is 2.97. The molecule has 12 rings (SSSR count). The van der Waals surface area contributed by atoms with Crippen molar-refractivity contribution in [2.24, 2.45) is 11.3 Å². The number of nitrogens with one attached hydrogen (secondary N) is 3. The van der Waals surface area contributed by atoms with Crippen LogP contribution in [0.1, 0.15) is 137 Å². The Morgan fingerprint density at radius 2 is 1.59 bits per heavy atom. The van der Waals surface area contributed by atoms with E-state index in [2.05, 4.69) is 61.5 Å². The highest BCUT2D eigenvalue weighted by Crippen LogP contribution is 2.45. The van der Waals surface area contributed by atoms with Crippen LogP contribution in [0.4, 0.5) is 24.5 Å². The number of hydrogen-bond acceptors (Lipinski definition) is 20. The van der Waals surface area contributed by atoms with Gasteiger partial charge in [0.05, 0.1) is 57.0 Å². The molecule has 5 aromatic carbocycles. The number of fused-ring (bicyclic) bond motifs is 3. The molecular weight excluding hydrogens is 1500 g/mol. The van der Waals surface area contributed by atoms with E-state index in [4.69, 9.17) is 25.6 Å². The lowest BCUT2D eigenvalue weighted by molar-refractivity contribution is -0.137. The van der Waals surface area contributed by atoms with Gasteiger partial charge in [-0.3, -0.25) is 29.0 Å². The number of rotatable bonds is 29. The molecule has 7 aromatic rings. The average molecular weight is 1600 g/mol. The first-order chi connectivity index (χ1) is 52.0. The molecule has 2 aromatic heterocycles. The number of anilines is 2. The first-order valence-electron chi connectivity index (χ1n) is 37.1. The van der Waals surface area contributed by atoms with E-state index in [0.29, 0.717) is 94.8 Å². The first kappa shape index (κ1) is 80.5. The van der Waals surface area contributed by atoms with Crippen molar-refractivity contribution in [1.29, 1.82) is 0 Å². The Morgan fingerprint density at radius 3 is 2.30 bits per heavy atom. The van der Waals surface area contributed by atoms with Gasteiger partial charge in [-0.05, 0) is 158 Å². The zero-order valence-corrected chi connectivity index (χ0v) is 66.0. The number of β-amino-alcohol motifs (C(OH)–C–C–N with tert-alkyl or cyclic N) is 1. The largest absolute Gasteiger partial charge is 0.501 e. The van der Waals surface area contributed by atoms with E-state index >= 15 is 0 Å². The second-order valence-electron chi connectivity index (χ2n) is 30.0. The number of aromatic nitrogens is 2. The van der Waals surface area contributed by atoms with E-state index in [-0.39, 0.29) is 77.6 Å². The monoisotopic (exact) mass is 1590 g/mol. The highest BCUT2D eigenvalue weighted by atomic mass is 35.5. The molecule has 1 aliphatic carbocycles. The lowest BCUT2D eigenvalue weighted by Crippen LogP contribution is -2.57. The van der Waals surface area contributed by atoms with Crippen LogP contribution in [0, 0.1) is 18.3 Å². The Kier molecular flexibility index (Phi) is 25.6. The summed E-state index contributed by atoms with van der Waals surface area (Å²) >= 11 is 9.20. The first-order valence-corrected chi connectivity index (χ1v) is 42.3. The van der Waals surface area contributed by atoms with Crippen LogP contribution in [0.5, 0.6) is 11.6 Å². The lowest BCUT2D eigenvalue weighted by Gasteiger charge is -2.46. The fraction of sp³-hybridized carbons (Fsp3) is 0.468. The van der Waals surface area contributed by atoms with Crippen molar-refractivity contribution in [2.45, 2.75) is 156 Å². The number of piperazine rings is 2. The summed E-state index contributed by atoms with van der Waals surface area (Å²) in [6.45, 7) is 17.9. The van der Waals surface area contributed by atoms with E-state index < -0.39 is 76.9 Å². The molecule has 0 unspecified atom stereocenters. The van der Waals surface area contributed by atoms with Gasteiger partial charge in [0.2, 0.25) is 17.7 Å². The molecule has 30 heteroatoms. The molecule has 6 atom stereocenters. The summed E-state index contributed by atoms with van der Waals surface area (Å²) < 4.78 is 119. The molecule has 22 nitrogen and oxygen atoms in total. The van der Waals surface area contributed by atoms with Crippen LogP contribution >= 0.6 is 34.7 Å². The Labute approximate surface area is 648 Å². The van der Waals surface area contributed by atoms with Gasteiger partial charge in [-0.15, -0.1) is 23.1 Å². The predicted octanol–water partition coefficient (Wildman–Crippen LogP) is 13.0. The Balaban J connectivity index is 0.607. The standard InChI is InChI=1S/C79H94ClF3N10O12S4/c1-50(2)73(77(98)93-46-61(94)40-70(93)86-75(96)51(3)53-16-18-55(19-17-53)74-52(4)84-49-107-74)68-42-71(87-105-68)103-38-12-8-11-15-72(95)91-35-32-89(33-36-91)31-29-59(48-106-62-13-9-7-10-14-62)85-65-26-25-63(41-69(65)108(99,100)79(81,82)83)109(101,102)88-76(97)56-22-27-66-67(39-56)104-47-60-45-90(34-37-92(60)66)44-57-43-78(5,6)30-28-64(57)54-20-23-58(80)24-21-54/h7,9-10,13-14,16-27,39,41-42,49-51,59-61,70,73,85,94H,8,11-12,15,28-38,40,43-48H2,1-6H3,(H,86,96)(H,88,97)/t51-,59+,60-,61+,70-,73+/m0/s1. The molecule has 4 N–H and O–H groups in total. The summed E-state index contributed by atoms with van der Waals surface area (Å²) in [5, 5.41) is 21.6. The molecule has 109 heavy (non-hydrogen) atoms. The third-order valence-electron chi connectivity index (χ3n) is 21.2. The van der Waals surface area contributed by atoms with Crippen LogP contribution in [0.3, 0.4) is 0 Å². The second kappa shape index (κ2) is 34.7. The summed E-state index contributed by atoms with van der Waals surface area (Å²) in [6.07, 6.45) is 4.08. The van der Waals surface area contributed by atoms with E-state index in [9.17, 15) is 54.3 Å². The topological polar surface area (TPSA) is 266 Å². The SMILES string of the molecule is Cc1ncsc1-c1ccc([C@H](C)C(=O)N[C@@H]2C[C@@H](O)CN2C(=O)[C@@H](c2cc(OCCCCCC(=O)N3CCN(CC[C@H](CSc4ccccc4)Nc4ccc(S(=O)(=O)NC(=O)c5ccc6c(c5)OC[C@@H]5CN(CC7=C(c8ccc(Cl)cc8)CCC(C)(C)C7)CCN65)cc4S(=O)(=O)C(F)(F)F)CC3)no2)C(C)C)cc1. The number of hydrogen-bond donors (Lipinski definition) is 4. The van der Waals surface area contributed by atoms with Gasteiger partial charge in [-0.1, -0.05) is 99.5 Å². The van der Waals surface area contributed by atoms with Gasteiger partial charge >= 0.3 is 5.51 Å². The highest BCUT2D eigenvalue weighted by Gasteiger charge is 2.49.